The van der Waals surface area contributed by atoms with Gasteiger partial charge in [-0.15, -0.1) is 0 Å². The van der Waals surface area contributed by atoms with Crippen molar-refractivity contribution < 1.29 is 19.8 Å². The number of carbonyl (C=O) groups excluding carboxylic acids is 2. The van der Waals surface area contributed by atoms with Crippen LogP contribution in [0.5, 0.6) is 0 Å². The van der Waals surface area contributed by atoms with Crippen molar-refractivity contribution >= 4 is 17.5 Å². The maximum atomic E-state index is 12.6. The van der Waals surface area contributed by atoms with E-state index in [0.717, 1.165) is 42.7 Å². The Morgan fingerprint density at radius 1 is 1.00 bits per heavy atom. The summed E-state index contributed by atoms with van der Waals surface area (Å²) in [5, 5.41) is 32.6. The van der Waals surface area contributed by atoms with Crippen molar-refractivity contribution in [1.29, 1.82) is 5.26 Å². The van der Waals surface area contributed by atoms with Crippen molar-refractivity contribution in [2.45, 2.75) is 38.1 Å². The first kappa shape index (κ1) is 22.8. The Morgan fingerprint density at radius 2 is 1.61 bits per heavy atom. The number of fused-ring (bicyclic) bond motifs is 1. The molecule has 2 heterocycles. The molecule has 2 aromatic rings. The minimum atomic E-state index is -1.82. The molecule has 2 amide bonds. The lowest BCUT2D eigenvalue weighted by atomic mass is 9.95. The Morgan fingerprint density at radius 3 is 2.24 bits per heavy atom. The standard InChI is InChI=1S/C25H28N4O4/c26-13-18-5-3-4-8-21(18)28-11-9-17(10-12-28)14-27-24(32)22(30)23(31)25(33)29-15-19-6-1-2-7-20(19)16-29/h1-8,17,22-23,30-31H,9-12,14-16H2,(H,27,32)/t22-,23-/m1/s1. The van der Waals surface area contributed by atoms with Gasteiger partial charge in [0, 0.05) is 32.7 Å². The van der Waals surface area contributed by atoms with Crippen molar-refractivity contribution in [2.24, 2.45) is 5.92 Å². The number of para-hydroxylation sites is 1. The molecule has 172 valence electrons. The molecular weight excluding hydrogens is 420 g/mol. The molecule has 0 bridgehead atoms. The summed E-state index contributed by atoms with van der Waals surface area (Å²) in [5.74, 6) is -1.18. The fourth-order valence-corrected chi connectivity index (χ4v) is 4.53. The van der Waals surface area contributed by atoms with E-state index in [-0.39, 0.29) is 5.92 Å². The number of aliphatic hydroxyl groups is 2. The summed E-state index contributed by atoms with van der Waals surface area (Å²) >= 11 is 0. The van der Waals surface area contributed by atoms with Crippen LogP contribution in [-0.4, -0.2) is 58.8 Å². The van der Waals surface area contributed by atoms with E-state index in [1.54, 1.807) is 6.07 Å². The maximum absolute atomic E-state index is 12.6. The molecular formula is C25H28N4O4. The van der Waals surface area contributed by atoms with Gasteiger partial charge in [-0.1, -0.05) is 36.4 Å². The van der Waals surface area contributed by atoms with E-state index in [9.17, 15) is 25.1 Å². The summed E-state index contributed by atoms with van der Waals surface area (Å²) < 4.78 is 0. The molecule has 0 spiro atoms. The van der Waals surface area contributed by atoms with Gasteiger partial charge < -0.3 is 25.3 Å². The first-order valence-corrected chi connectivity index (χ1v) is 11.2. The smallest absolute Gasteiger partial charge is 0.255 e. The molecule has 3 N–H and O–H groups in total. The van der Waals surface area contributed by atoms with Gasteiger partial charge in [0.25, 0.3) is 11.8 Å². The number of hydrogen-bond acceptors (Lipinski definition) is 6. The quantitative estimate of drug-likeness (QED) is 0.611. The van der Waals surface area contributed by atoms with E-state index < -0.39 is 24.0 Å². The Balaban J connectivity index is 1.24. The summed E-state index contributed by atoms with van der Waals surface area (Å²) in [6, 6.07) is 17.3. The van der Waals surface area contributed by atoms with Gasteiger partial charge in [-0.25, -0.2) is 0 Å². The van der Waals surface area contributed by atoms with Crippen LogP contribution in [0.3, 0.4) is 0 Å². The van der Waals surface area contributed by atoms with Crippen molar-refractivity contribution in [3.8, 4) is 6.07 Å². The number of amides is 2. The summed E-state index contributed by atoms with van der Waals surface area (Å²) in [5.41, 5.74) is 3.57. The number of piperidine rings is 1. The second-order valence-electron chi connectivity index (χ2n) is 8.66. The molecule has 0 radical (unpaired) electrons. The predicted molar refractivity (Wildman–Crippen MR) is 122 cm³/mol. The van der Waals surface area contributed by atoms with E-state index in [1.807, 2.05) is 42.5 Å². The van der Waals surface area contributed by atoms with Crippen LogP contribution in [0.1, 0.15) is 29.5 Å². The van der Waals surface area contributed by atoms with Crippen LogP contribution < -0.4 is 10.2 Å². The number of anilines is 1. The Kier molecular flexibility index (Phi) is 6.92. The Labute approximate surface area is 193 Å². The van der Waals surface area contributed by atoms with E-state index in [4.69, 9.17) is 0 Å². The van der Waals surface area contributed by atoms with E-state index >= 15 is 0 Å². The van der Waals surface area contributed by atoms with E-state index in [1.165, 1.54) is 4.90 Å². The largest absolute Gasteiger partial charge is 0.380 e. The second-order valence-corrected chi connectivity index (χ2v) is 8.66. The van der Waals surface area contributed by atoms with Gasteiger partial charge >= 0.3 is 0 Å². The second kappa shape index (κ2) is 10.0. The normalized spacial score (nSPS) is 17.7. The number of nitrogens with one attached hydrogen (secondary N) is 1. The zero-order valence-electron chi connectivity index (χ0n) is 18.4. The predicted octanol–water partition coefficient (Wildman–Crippen LogP) is 1.16. The highest BCUT2D eigenvalue weighted by atomic mass is 16.3. The summed E-state index contributed by atoms with van der Waals surface area (Å²) in [6.45, 7) is 2.60. The zero-order chi connectivity index (χ0) is 23.4. The van der Waals surface area contributed by atoms with Crippen molar-refractivity contribution in [1.82, 2.24) is 10.2 Å². The van der Waals surface area contributed by atoms with Gasteiger partial charge in [0.1, 0.15) is 6.07 Å². The van der Waals surface area contributed by atoms with Crippen LogP contribution in [0.15, 0.2) is 48.5 Å². The topological polar surface area (TPSA) is 117 Å². The number of rotatable bonds is 6. The van der Waals surface area contributed by atoms with E-state index in [2.05, 4.69) is 16.3 Å². The van der Waals surface area contributed by atoms with Crippen LogP contribution >= 0.6 is 0 Å². The minimum Gasteiger partial charge on any atom is -0.380 e. The molecule has 2 aliphatic rings. The summed E-state index contributed by atoms with van der Waals surface area (Å²) in [7, 11) is 0. The molecule has 2 aliphatic heterocycles. The monoisotopic (exact) mass is 448 g/mol. The molecule has 2 atom stereocenters. The van der Waals surface area contributed by atoms with Gasteiger partial charge in [0.05, 0.1) is 11.3 Å². The Hall–Kier alpha value is -3.41. The molecule has 0 aliphatic carbocycles. The molecule has 0 unspecified atom stereocenters. The third-order valence-electron chi connectivity index (χ3n) is 6.52. The maximum Gasteiger partial charge on any atom is 0.255 e. The highest BCUT2D eigenvalue weighted by Gasteiger charge is 2.35. The lowest BCUT2D eigenvalue weighted by molar-refractivity contribution is -0.153. The van der Waals surface area contributed by atoms with Gasteiger partial charge in [0.15, 0.2) is 12.2 Å². The summed E-state index contributed by atoms with van der Waals surface area (Å²) in [6.07, 6.45) is -1.97. The fourth-order valence-electron chi connectivity index (χ4n) is 4.53. The number of nitriles is 1. The highest BCUT2D eigenvalue weighted by molar-refractivity contribution is 5.91. The first-order valence-electron chi connectivity index (χ1n) is 11.2. The van der Waals surface area contributed by atoms with Gasteiger partial charge in [0.2, 0.25) is 0 Å². The Bertz CT molecular complexity index is 1030. The molecule has 1 saturated heterocycles. The van der Waals surface area contributed by atoms with Crippen molar-refractivity contribution in [2.75, 3.05) is 24.5 Å². The molecule has 8 heteroatoms. The minimum absolute atomic E-state index is 0.215. The molecule has 1 fully saturated rings. The summed E-state index contributed by atoms with van der Waals surface area (Å²) in [4.78, 5) is 28.6. The van der Waals surface area contributed by atoms with Crippen LogP contribution in [0.2, 0.25) is 0 Å². The average Bonchev–Trinajstić information content (AvgIpc) is 3.30. The fraction of sp³-hybridized carbons (Fsp3) is 0.400. The number of benzene rings is 2. The number of carbonyl (C=O) groups is 2. The van der Waals surface area contributed by atoms with Crippen LogP contribution in [-0.2, 0) is 22.7 Å². The van der Waals surface area contributed by atoms with E-state index in [0.29, 0.717) is 25.2 Å². The van der Waals surface area contributed by atoms with Crippen molar-refractivity contribution in [3.63, 3.8) is 0 Å². The first-order chi connectivity index (χ1) is 16.0. The molecule has 0 aromatic heterocycles. The van der Waals surface area contributed by atoms with Gasteiger partial charge in [-0.2, -0.15) is 5.26 Å². The van der Waals surface area contributed by atoms with Crippen LogP contribution in [0.25, 0.3) is 0 Å². The van der Waals surface area contributed by atoms with Gasteiger partial charge in [-0.3, -0.25) is 9.59 Å². The zero-order valence-corrected chi connectivity index (χ0v) is 18.4. The van der Waals surface area contributed by atoms with Crippen molar-refractivity contribution in [3.05, 3.63) is 65.2 Å². The molecule has 33 heavy (non-hydrogen) atoms. The van der Waals surface area contributed by atoms with Crippen LogP contribution in [0.4, 0.5) is 5.69 Å². The number of hydrogen-bond donors (Lipinski definition) is 3. The third-order valence-corrected chi connectivity index (χ3v) is 6.52. The highest BCUT2D eigenvalue weighted by Crippen LogP contribution is 2.26. The molecule has 2 aromatic carbocycles. The number of aliphatic hydroxyl groups excluding tert-OH is 2. The van der Waals surface area contributed by atoms with Crippen LogP contribution in [0, 0.1) is 17.2 Å². The average molecular weight is 449 g/mol. The molecule has 0 saturated carbocycles. The lowest BCUT2D eigenvalue weighted by Gasteiger charge is -2.34. The van der Waals surface area contributed by atoms with Gasteiger partial charge in [-0.05, 0) is 42.0 Å². The SMILES string of the molecule is N#Cc1ccccc1N1CCC(CNC(=O)[C@H](O)[C@@H](O)C(=O)N2Cc3ccccc3C2)CC1. The number of nitrogens with zero attached hydrogens (tertiary/aromatic N) is 3. The third kappa shape index (κ3) is 5.00. The molecule has 4 rings (SSSR count). The lowest BCUT2D eigenvalue weighted by Crippen LogP contribution is -2.50. The molecule has 8 nitrogen and oxygen atoms in total.